The summed E-state index contributed by atoms with van der Waals surface area (Å²) in [6.45, 7) is 1.59. The summed E-state index contributed by atoms with van der Waals surface area (Å²) in [6.07, 6.45) is 0. The Labute approximate surface area is 167 Å². The molecule has 1 saturated heterocycles. The topological polar surface area (TPSA) is 143 Å². The Kier molecular flexibility index (Phi) is 6.47. The third-order valence-electron chi connectivity index (χ3n) is 4.55. The highest BCUT2D eigenvalue weighted by Gasteiger charge is 2.38. The number of anilines is 1. The van der Waals surface area contributed by atoms with Crippen LogP contribution in [-0.4, -0.2) is 93.0 Å². The first-order valence-corrected chi connectivity index (χ1v) is 10.5. The second-order valence-electron chi connectivity index (χ2n) is 6.47. The van der Waals surface area contributed by atoms with E-state index in [1.54, 1.807) is 0 Å². The van der Waals surface area contributed by atoms with Crippen molar-refractivity contribution in [3.05, 3.63) is 29.3 Å². The van der Waals surface area contributed by atoms with E-state index in [1.807, 2.05) is 4.90 Å². The number of ether oxygens (including phenoxy) is 1. The molecular formula is C17H21N3O8S. The summed E-state index contributed by atoms with van der Waals surface area (Å²) in [4.78, 5) is 38.1. The third kappa shape index (κ3) is 5.09. The van der Waals surface area contributed by atoms with Crippen molar-refractivity contribution < 1.29 is 36.8 Å². The Morgan fingerprint density at radius 1 is 1.21 bits per heavy atom. The van der Waals surface area contributed by atoms with Gasteiger partial charge in [-0.15, -0.1) is 0 Å². The van der Waals surface area contributed by atoms with Gasteiger partial charge in [0.2, 0.25) is 0 Å². The molecular weight excluding hydrogens is 406 g/mol. The fourth-order valence-electron chi connectivity index (χ4n) is 3.08. The van der Waals surface area contributed by atoms with Gasteiger partial charge in [-0.25, -0.2) is 4.18 Å². The number of carboxylic acid groups (broad SMARTS) is 1. The van der Waals surface area contributed by atoms with Crippen LogP contribution in [0.2, 0.25) is 0 Å². The van der Waals surface area contributed by atoms with Crippen LogP contribution in [-0.2, 0) is 23.8 Å². The maximum atomic E-state index is 12.4. The average Bonchev–Trinajstić information content (AvgIpc) is 2.92. The molecule has 0 unspecified atom stereocenters. The van der Waals surface area contributed by atoms with Gasteiger partial charge in [-0.2, -0.15) is 8.42 Å². The molecule has 0 radical (unpaired) electrons. The SMILES string of the molecule is O=C(O)CN1C(=O)c2cccc(NCOS(=O)(=O)CCN3CCOCC3)c2C1=O. The standard InChI is InChI=1S/C17H21N3O8S/c21-14(22)10-20-16(23)12-2-1-3-13(15(12)17(20)24)18-11-28-29(25,26)9-6-19-4-7-27-8-5-19/h1-3,18H,4-11H2,(H,21,22). The minimum atomic E-state index is -3.80. The lowest BCUT2D eigenvalue weighted by atomic mass is 10.1. The largest absolute Gasteiger partial charge is 0.480 e. The number of amides is 2. The lowest BCUT2D eigenvalue weighted by Crippen LogP contribution is -2.39. The smallest absolute Gasteiger partial charge is 0.323 e. The van der Waals surface area contributed by atoms with Crippen molar-refractivity contribution in [1.82, 2.24) is 9.80 Å². The highest BCUT2D eigenvalue weighted by Crippen LogP contribution is 2.29. The maximum absolute atomic E-state index is 12.4. The first kappa shape index (κ1) is 21.2. The Morgan fingerprint density at radius 2 is 1.93 bits per heavy atom. The normalized spacial score (nSPS) is 17.4. The van der Waals surface area contributed by atoms with E-state index in [2.05, 4.69) is 5.32 Å². The molecule has 0 atom stereocenters. The fourth-order valence-corrected chi connectivity index (χ4v) is 3.92. The minimum Gasteiger partial charge on any atom is -0.480 e. The second-order valence-corrected chi connectivity index (χ2v) is 8.23. The van der Waals surface area contributed by atoms with Crippen LogP contribution in [0.15, 0.2) is 18.2 Å². The molecule has 0 saturated carbocycles. The summed E-state index contributed by atoms with van der Waals surface area (Å²) >= 11 is 0. The number of fused-ring (bicyclic) bond motifs is 1. The zero-order valence-electron chi connectivity index (χ0n) is 15.5. The van der Waals surface area contributed by atoms with Gasteiger partial charge in [0, 0.05) is 25.3 Å². The van der Waals surface area contributed by atoms with Gasteiger partial charge in [-0.3, -0.25) is 24.2 Å². The minimum absolute atomic E-state index is 0.00642. The molecule has 2 aliphatic heterocycles. The second kappa shape index (κ2) is 8.86. The summed E-state index contributed by atoms with van der Waals surface area (Å²) < 4.78 is 34.3. The number of hydrogen-bond donors (Lipinski definition) is 2. The quantitative estimate of drug-likeness (QED) is 0.298. The molecule has 0 spiro atoms. The Bertz CT molecular complexity index is 911. The zero-order valence-corrected chi connectivity index (χ0v) is 16.3. The summed E-state index contributed by atoms with van der Waals surface area (Å²) in [7, 11) is -3.80. The number of imide groups is 1. The molecule has 12 heteroatoms. The Hall–Kier alpha value is -2.54. The molecule has 3 rings (SSSR count). The number of morpholine rings is 1. The number of benzene rings is 1. The van der Waals surface area contributed by atoms with Crippen LogP contribution in [0.25, 0.3) is 0 Å². The van der Waals surface area contributed by atoms with Crippen LogP contribution in [0, 0.1) is 0 Å². The van der Waals surface area contributed by atoms with E-state index in [0.717, 1.165) is 0 Å². The Balaban J connectivity index is 1.59. The number of nitrogens with zero attached hydrogens (tertiary/aromatic N) is 2. The number of rotatable bonds is 9. The van der Waals surface area contributed by atoms with Crippen molar-refractivity contribution in [3.8, 4) is 0 Å². The lowest BCUT2D eigenvalue weighted by Gasteiger charge is -2.26. The van der Waals surface area contributed by atoms with Gasteiger partial charge in [-0.05, 0) is 12.1 Å². The van der Waals surface area contributed by atoms with E-state index < -0.39 is 41.2 Å². The third-order valence-corrected chi connectivity index (χ3v) is 5.71. The Morgan fingerprint density at radius 3 is 2.62 bits per heavy atom. The van der Waals surface area contributed by atoms with Crippen LogP contribution in [0.5, 0.6) is 0 Å². The molecule has 11 nitrogen and oxygen atoms in total. The van der Waals surface area contributed by atoms with Gasteiger partial charge in [0.1, 0.15) is 13.3 Å². The van der Waals surface area contributed by atoms with Gasteiger partial charge in [-0.1, -0.05) is 6.07 Å². The first-order chi connectivity index (χ1) is 13.8. The predicted molar refractivity (Wildman–Crippen MR) is 100 cm³/mol. The fraction of sp³-hybridized carbons (Fsp3) is 0.471. The van der Waals surface area contributed by atoms with E-state index in [4.69, 9.17) is 14.0 Å². The summed E-state index contributed by atoms with van der Waals surface area (Å²) in [5.74, 6) is -2.98. The molecule has 0 bridgehead atoms. The molecule has 1 fully saturated rings. The molecule has 158 valence electrons. The van der Waals surface area contributed by atoms with Crippen LogP contribution < -0.4 is 5.32 Å². The zero-order chi connectivity index (χ0) is 21.0. The summed E-state index contributed by atoms with van der Waals surface area (Å²) in [5.41, 5.74) is 0.238. The molecule has 2 aliphatic rings. The van der Waals surface area contributed by atoms with Crippen molar-refractivity contribution >= 4 is 33.6 Å². The van der Waals surface area contributed by atoms with Crippen molar-refractivity contribution in [2.24, 2.45) is 0 Å². The molecule has 29 heavy (non-hydrogen) atoms. The molecule has 0 aromatic heterocycles. The monoisotopic (exact) mass is 427 g/mol. The van der Waals surface area contributed by atoms with E-state index in [9.17, 15) is 22.8 Å². The molecule has 2 amide bonds. The molecule has 1 aromatic carbocycles. The molecule has 2 heterocycles. The summed E-state index contributed by atoms with van der Waals surface area (Å²) in [6, 6.07) is 4.39. The highest BCUT2D eigenvalue weighted by molar-refractivity contribution is 7.86. The van der Waals surface area contributed by atoms with Crippen LogP contribution >= 0.6 is 0 Å². The van der Waals surface area contributed by atoms with Crippen LogP contribution in [0.3, 0.4) is 0 Å². The van der Waals surface area contributed by atoms with Gasteiger partial charge < -0.3 is 15.2 Å². The molecule has 1 aromatic rings. The van der Waals surface area contributed by atoms with Gasteiger partial charge in [0.05, 0.1) is 30.1 Å². The van der Waals surface area contributed by atoms with Crippen molar-refractivity contribution in [2.75, 3.05) is 57.2 Å². The van der Waals surface area contributed by atoms with Crippen LogP contribution in [0.1, 0.15) is 20.7 Å². The number of aliphatic carboxylic acids is 1. The van der Waals surface area contributed by atoms with E-state index >= 15 is 0 Å². The lowest BCUT2D eigenvalue weighted by molar-refractivity contribution is -0.137. The number of nitrogens with one attached hydrogen (secondary N) is 1. The first-order valence-electron chi connectivity index (χ1n) is 8.90. The van der Waals surface area contributed by atoms with E-state index in [1.165, 1.54) is 18.2 Å². The maximum Gasteiger partial charge on any atom is 0.323 e. The predicted octanol–water partition coefficient (Wildman–Crippen LogP) is -0.585. The molecule has 2 N–H and O–H groups in total. The van der Waals surface area contributed by atoms with Crippen molar-refractivity contribution in [3.63, 3.8) is 0 Å². The number of hydrogen-bond acceptors (Lipinski definition) is 9. The van der Waals surface area contributed by atoms with Gasteiger partial charge in [0.25, 0.3) is 21.9 Å². The van der Waals surface area contributed by atoms with Crippen molar-refractivity contribution in [2.45, 2.75) is 0 Å². The highest BCUT2D eigenvalue weighted by atomic mass is 32.2. The van der Waals surface area contributed by atoms with Gasteiger partial charge >= 0.3 is 5.97 Å². The van der Waals surface area contributed by atoms with Gasteiger partial charge in [0.15, 0.2) is 0 Å². The average molecular weight is 427 g/mol. The van der Waals surface area contributed by atoms with Crippen molar-refractivity contribution in [1.29, 1.82) is 0 Å². The number of carboxylic acids is 1. The van der Waals surface area contributed by atoms with E-state index in [0.29, 0.717) is 37.7 Å². The summed E-state index contributed by atoms with van der Waals surface area (Å²) in [5, 5.41) is 11.6. The number of carbonyl (C=O) groups excluding carboxylic acids is 2. The van der Waals surface area contributed by atoms with E-state index in [-0.39, 0.29) is 22.6 Å². The number of carbonyl (C=O) groups is 3. The molecule has 0 aliphatic carbocycles. The van der Waals surface area contributed by atoms with Crippen LogP contribution in [0.4, 0.5) is 5.69 Å².